The molecule has 1 aliphatic rings. The van der Waals surface area contributed by atoms with Crippen LogP contribution in [0.2, 0.25) is 0 Å². The fourth-order valence-electron chi connectivity index (χ4n) is 4.75. The third kappa shape index (κ3) is 5.67. The number of hydrogen-bond donors (Lipinski definition) is 1. The first kappa shape index (κ1) is 25.0. The Morgan fingerprint density at radius 3 is 2.43 bits per heavy atom. The van der Waals surface area contributed by atoms with Gasteiger partial charge in [-0.25, -0.2) is 4.39 Å². The predicted molar refractivity (Wildman–Crippen MR) is 148 cm³/mol. The van der Waals surface area contributed by atoms with E-state index in [9.17, 15) is 14.0 Å². The largest absolute Gasteiger partial charge is 0.354 e. The third-order valence-electron chi connectivity index (χ3n) is 6.73. The summed E-state index contributed by atoms with van der Waals surface area (Å²) in [6.07, 6.45) is 3.65. The van der Waals surface area contributed by atoms with Gasteiger partial charge in [0.15, 0.2) is 0 Å². The summed E-state index contributed by atoms with van der Waals surface area (Å²) in [6.45, 7) is 3.98. The van der Waals surface area contributed by atoms with Gasteiger partial charge in [-0.3, -0.25) is 9.59 Å². The van der Waals surface area contributed by atoms with Crippen LogP contribution in [0.5, 0.6) is 0 Å². The minimum absolute atomic E-state index is 0.00615. The highest BCUT2D eigenvalue weighted by molar-refractivity contribution is 9.10. The summed E-state index contributed by atoms with van der Waals surface area (Å²) in [5.41, 5.74) is 5.58. The number of carbonyl (C=O) groups is 2. The van der Waals surface area contributed by atoms with Gasteiger partial charge in [0, 0.05) is 47.6 Å². The van der Waals surface area contributed by atoms with E-state index in [-0.39, 0.29) is 24.1 Å². The molecule has 1 saturated heterocycles. The van der Waals surface area contributed by atoms with Gasteiger partial charge in [-0.15, -0.1) is 0 Å². The van der Waals surface area contributed by atoms with Crippen LogP contribution in [0.25, 0.3) is 28.2 Å². The lowest BCUT2D eigenvalue weighted by atomic mass is 10.0. The van der Waals surface area contributed by atoms with Crippen molar-refractivity contribution in [3.63, 3.8) is 0 Å². The highest BCUT2D eigenvalue weighted by Crippen LogP contribution is 2.33. The van der Waals surface area contributed by atoms with E-state index in [4.69, 9.17) is 0 Å². The van der Waals surface area contributed by atoms with Crippen LogP contribution in [-0.2, 0) is 16.0 Å². The Kier molecular flexibility index (Phi) is 7.24. The number of aromatic amines is 1. The number of benzene rings is 3. The topological polar surface area (TPSA) is 56.4 Å². The summed E-state index contributed by atoms with van der Waals surface area (Å²) in [5.74, 6) is -0.346. The first-order chi connectivity index (χ1) is 17.9. The van der Waals surface area contributed by atoms with E-state index in [1.807, 2.05) is 60.4 Å². The van der Waals surface area contributed by atoms with E-state index in [0.29, 0.717) is 26.2 Å². The molecular formula is C30H27BrFN3O2. The number of piperazine rings is 1. The van der Waals surface area contributed by atoms with Gasteiger partial charge in [0.2, 0.25) is 11.8 Å². The number of hydrogen-bond acceptors (Lipinski definition) is 2. The number of carbonyl (C=O) groups excluding carboxylic acids is 2. The lowest BCUT2D eigenvalue weighted by molar-refractivity contribution is -0.136. The van der Waals surface area contributed by atoms with Crippen LogP contribution in [0.4, 0.5) is 4.39 Å². The van der Waals surface area contributed by atoms with Gasteiger partial charge in [-0.05, 0) is 72.2 Å². The Hall–Kier alpha value is -3.71. The first-order valence-corrected chi connectivity index (χ1v) is 13.0. The summed E-state index contributed by atoms with van der Waals surface area (Å²) in [7, 11) is 0. The SMILES string of the molecule is Cc1cccc(/C=C/C(=O)N2CCN(C(=O)Cc3c(-c4ccc(F)cc4)[nH]c4ccc(Br)cc34)CC2)c1. The van der Waals surface area contributed by atoms with Crippen molar-refractivity contribution in [2.45, 2.75) is 13.3 Å². The summed E-state index contributed by atoms with van der Waals surface area (Å²) < 4.78 is 14.5. The molecule has 5 rings (SSSR count). The zero-order valence-electron chi connectivity index (χ0n) is 20.5. The van der Waals surface area contributed by atoms with Crippen LogP contribution in [0.3, 0.4) is 0 Å². The molecular weight excluding hydrogens is 533 g/mol. The molecule has 0 radical (unpaired) electrons. The zero-order valence-corrected chi connectivity index (χ0v) is 22.1. The van der Waals surface area contributed by atoms with Crippen LogP contribution in [0, 0.1) is 12.7 Å². The molecule has 5 nitrogen and oxygen atoms in total. The molecule has 37 heavy (non-hydrogen) atoms. The minimum atomic E-state index is -0.304. The molecule has 188 valence electrons. The van der Waals surface area contributed by atoms with E-state index in [0.717, 1.165) is 43.3 Å². The highest BCUT2D eigenvalue weighted by Gasteiger charge is 2.25. The Bertz CT molecular complexity index is 1480. The molecule has 3 aromatic carbocycles. The summed E-state index contributed by atoms with van der Waals surface area (Å²) >= 11 is 3.53. The van der Waals surface area contributed by atoms with Gasteiger partial charge < -0.3 is 14.8 Å². The smallest absolute Gasteiger partial charge is 0.246 e. The molecule has 2 amide bonds. The van der Waals surface area contributed by atoms with Gasteiger partial charge in [0.05, 0.1) is 12.1 Å². The number of rotatable bonds is 5. The molecule has 0 bridgehead atoms. The molecule has 4 aromatic rings. The maximum atomic E-state index is 13.5. The van der Waals surface area contributed by atoms with Crippen molar-refractivity contribution in [1.82, 2.24) is 14.8 Å². The fraction of sp³-hybridized carbons (Fsp3) is 0.200. The Balaban J connectivity index is 1.29. The molecule has 0 spiro atoms. The molecule has 0 aliphatic carbocycles. The highest BCUT2D eigenvalue weighted by atomic mass is 79.9. The Morgan fingerprint density at radius 2 is 1.70 bits per heavy atom. The number of nitrogens with zero attached hydrogens (tertiary/aromatic N) is 2. The van der Waals surface area contributed by atoms with E-state index >= 15 is 0 Å². The van der Waals surface area contributed by atoms with Crippen molar-refractivity contribution in [2.75, 3.05) is 26.2 Å². The van der Waals surface area contributed by atoms with Gasteiger partial charge in [-0.2, -0.15) is 0 Å². The Labute approximate surface area is 223 Å². The molecule has 2 heterocycles. The second kappa shape index (κ2) is 10.7. The molecule has 0 saturated carbocycles. The lowest BCUT2D eigenvalue weighted by Crippen LogP contribution is -2.50. The van der Waals surface area contributed by atoms with Crippen molar-refractivity contribution in [2.24, 2.45) is 0 Å². The van der Waals surface area contributed by atoms with Crippen molar-refractivity contribution >= 4 is 44.7 Å². The molecule has 1 fully saturated rings. The summed E-state index contributed by atoms with van der Waals surface area (Å²) in [5, 5.41) is 0.956. The van der Waals surface area contributed by atoms with Crippen LogP contribution < -0.4 is 0 Å². The van der Waals surface area contributed by atoms with Crippen LogP contribution in [0.1, 0.15) is 16.7 Å². The lowest BCUT2D eigenvalue weighted by Gasteiger charge is -2.34. The molecule has 0 atom stereocenters. The van der Waals surface area contributed by atoms with Crippen LogP contribution in [-0.4, -0.2) is 52.8 Å². The maximum Gasteiger partial charge on any atom is 0.246 e. The third-order valence-corrected chi connectivity index (χ3v) is 7.23. The molecule has 0 unspecified atom stereocenters. The van der Waals surface area contributed by atoms with E-state index in [2.05, 4.69) is 20.9 Å². The maximum absolute atomic E-state index is 13.5. The monoisotopic (exact) mass is 559 g/mol. The van der Waals surface area contributed by atoms with Gasteiger partial charge in [0.25, 0.3) is 0 Å². The number of amides is 2. The average Bonchev–Trinajstić information content (AvgIpc) is 3.25. The van der Waals surface area contributed by atoms with E-state index in [1.54, 1.807) is 23.1 Å². The molecule has 1 N–H and O–H groups in total. The van der Waals surface area contributed by atoms with E-state index in [1.165, 1.54) is 12.1 Å². The van der Waals surface area contributed by atoms with Crippen molar-refractivity contribution < 1.29 is 14.0 Å². The van der Waals surface area contributed by atoms with Gasteiger partial charge in [-0.1, -0.05) is 45.8 Å². The minimum Gasteiger partial charge on any atom is -0.354 e. The summed E-state index contributed by atoms with van der Waals surface area (Å²) in [4.78, 5) is 33.1. The number of aromatic nitrogens is 1. The molecule has 7 heteroatoms. The normalized spacial score (nSPS) is 14.0. The van der Waals surface area contributed by atoms with Crippen LogP contribution >= 0.6 is 15.9 Å². The average molecular weight is 560 g/mol. The number of H-pyrrole nitrogens is 1. The zero-order chi connectivity index (χ0) is 25.9. The second-order valence-electron chi connectivity index (χ2n) is 9.31. The number of fused-ring (bicyclic) bond motifs is 1. The number of nitrogens with one attached hydrogen (secondary N) is 1. The second-order valence-corrected chi connectivity index (χ2v) is 10.2. The number of aryl methyl sites for hydroxylation is 1. The van der Waals surface area contributed by atoms with Crippen LogP contribution in [0.15, 0.2) is 77.3 Å². The van der Waals surface area contributed by atoms with Crippen molar-refractivity contribution in [3.8, 4) is 11.3 Å². The van der Waals surface area contributed by atoms with Gasteiger partial charge >= 0.3 is 0 Å². The quantitative estimate of drug-likeness (QED) is 0.306. The van der Waals surface area contributed by atoms with Crippen molar-refractivity contribution in [3.05, 3.63) is 99.8 Å². The van der Waals surface area contributed by atoms with Gasteiger partial charge in [0.1, 0.15) is 5.82 Å². The summed E-state index contributed by atoms with van der Waals surface area (Å²) in [6, 6.07) is 20.2. The number of halogens is 2. The fourth-order valence-corrected chi connectivity index (χ4v) is 5.11. The van der Waals surface area contributed by atoms with E-state index < -0.39 is 0 Å². The molecule has 1 aromatic heterocycles. The standard InChI is InChI=1S/C30H27BrFN3O2/c1-20-3-2-4-21(17-20)5-12-28(36)34-13-15-35(16-14-34)29(37)19-26-25-18-23(31)8-11-27(25)33-30(26)22-6-9-24(32)10-7-22/h2-12,17-18,33H,13-16,19H2,1H3/b12-5+. The van der Waals surface area contributed by atoms with Crippen molar-refractivity contribution in [1.29, 1.82) is 0 Å². The predicted octanol–water partition coefficient (Wildman–Crippen LogP) is 5.97. The molecule has 1 aliphatic heterocycles. The Morgan fingerprint density at radius 1 is 0.973 bits per heavy atom. The first-order valence-electron chi connectivity index (χ1n) is 12.2.